The SMILES string of the molecule is C[C@@H](O)CN(C)c1cnc(C(=O)O)cn1. The van der Waals surface area contributed by atoms with E-state index in [0.29, 0.717) is 12.4 Å². The van der Waals surface area contributed by atoms with Gasteiger partial charge in [0.05, 0.1) is 18.5 Å². The number of aromatic carboxylic acids is 1. The molecule has 6 nitrogen and oxygen atoms in total. The van der Waals surface area contributed by atoms with Gasteiger partial charge in [-0.25, -0.2) is 14.8 Å². The summed E-state index contributed by atoms with van der Waals surface area (Å²) < 4.78 is 0. The lowest BCUT2D eigenvalue weighted by molar-refractivity contribution is 0.0690. The molecule has 6 heteroatoms. The van der Waals surface area contributed by atoms with Gasteiger partial charge >= 0.3 is 5.97 Å². The normalized spacial score (nSPS) is 12.2. The van der Waals surface area contributed by atoms with Crippen molar-refractivity contribution in [3.8, 4) is 0 Å². The fraction of sp³-hybridized carbons (Fsp3) is 0.444. The number of anilines is 1. The van der Waals surface area contributed by atoms with E-state index in [-0.39, 0.29) is 5.69 Å². The van der Waals surface area contributed by atoms with Crippen molar-refractivity contribution in [2.75, 3.05) is 18.5 Å². The Morgan fingerprint density at radius 3 is 2.60 bits per heavy atom. The van der Waals surface area contributed by atoms with E-state index in [9.17, 15) is 4.79 Å². The third-order valence-corrected chi connectivity index (χ3v) is 1.79. The Morgan fingerprint density at radius 2 is 2.20 bits per heavy atom. The molecule has 1 aromatic heterocycles. The van der Waals surface area contributed by atoms with Crippen LogP contribution in [0, 0.1) is 0 Å². The number of hydrogen-bond acceptors (Lipinski definition) is 5. The summed E-state index contributed by atoms with van der Waals surface area (Å²) in [6.45, 7) is 2.08. The molecule has 15 heavy (non-hydrogen) atoms. The first-order chi connectivity index (χ1) is 7.00. The highest BCUT2D eigenvalue weighted by atomic mass is 16.4. The molecule has 0 saturated carbocycles. The largest absolute Gasteiger partial charge is 0.476 e. The quantitative estimate of drug-likeness (QED) is 0.728. The van der Waals surface area contributed by atoms with Crippen LogP contribution in [0.2, 0.25) is 0 Å². The molecule has 0 spiro atoms. The van der Waals surface area contributed by atoms with Crippen LogP contribution in [-0.4, -0.2) is 45.8 Å². The molecule has 0 radical (unpaired) electrons. The molecule has 1 aromatic rings. The number of rotatable bonds is 4. The molecule has 0 unspecified atom stereocenters. The fourth-order valence-electron chi connectivity index (χ4n) is 1.12. The number of carbonyl (C=O) groups is 1. The molecular weight excluding hydrogens is 198 g/mol. The number of carboxylic acid groups (broad SMARTS) is 1. The van der Waals surface area contributed by atoms with Crippen molar-refractivity contribution in [1.29, 1.82) is 0 Å². The lowest BCUT2D eigenvalue weighted by atomic mass is 10.4. The summed E-state index contributed by atoms with van der Waals surface area (Å²) in [6, 6.07) is 0. The second kappa shape index (κ2) is 4.70. The number of nitrogens with zero attached hydrogens (tertiary/aromatic N) is 3. The molecule has 1 atom stereocenters. The predicted octanol–water partition coefficient (Wildman–Crippen LogP) is -0.00820. The zero-order valence-electron chi connectivity index (χ0n) is 8.58. The summed E-state index contributed by atoms with van der Waals surface area (Å²) >= 11 is 0. The Kier molecular flexibility index (Phi) is 3.56. The minimum atomic E-state index is -1.10. The van der Waals surface area contributed by atoms with Crippen molar-refractivity contribution in [1.82, 2.24) is 9.97 Å². The van der Waals surface area contributed by atoms with Gasteiger partial charge in [-0.3, -0.25) is 0 Å². The molecule has 0 aliphatic rings. The monoisotopic (exact) mass is 211 g/mol. The highest BCUT2D eigenvalue weighted by molar-refractivity contribution is 5.84. The van der Waals surface area contributed by atoms with Crippen molar-refractivity contribution < 1.29 is 15.0 Å². The van der Waals surface area contributed by atoms with Gasteiger partial charge in [0.25, 0.3) is 0 Å². The van der Waals surface area contributed by atoms with Crippen LogP contribution in [0.15, 0.2) is 12.4 Å². The molecular formula is C9H13N3O3. The second-order valence-corrected chi connectivity index (χ2v) is 3.29. The lowest BCUT2D eigenvalue weighted by Crippen LogP contribution is -2.27. The first-order valence-electron chi connectivity index (χ1n) is 4.45. The van der Waals surface area contributed by atoms with E-state index in [0.717, 1.165) is 0 Å². The van der Waals surface area contributed by atoms with E-state index in [1.54, 1.807) is 18.9 Å². The van der Waals surface area contributed by atoms with Crippen LogP contribution in [0.1, 0.15) is 17.4 Å². The topological polar surface area (TPSA) is 86.5 Å². The minimum absolute atomic E-state index is 0.0933. The van der Waals surface area contributed by atoms with Gasteiger partial charge in [0.15, 0.2) is 5.69 Å². The van der Waals surface area contributed by atoms with E-state index in [4.69, 9.17) is 10.2 Å². The van der Waals surface area contributed by atoms with Crippen molar-refractivity contribution in [3.63, 3.8) is 0 Å². The number of aliphatic hydroxyl groups excluding tert-OH is 1. The summed E-state index contributed by atoms with van der Waals surface area (Å²) in [5.74, 6) is -0.576. The fourth-order valence-corrected chi connectivity index (χ4v) is 1.12. The Labute approximate surface area is 87.2 Å². The van der Waals surface area contributed by atoms with Gasteiger partial charge in [-0.1, -0.05) is 0 Å². The maximum absolute atomic E-state index is 10.5. The first kappa shape index (κ1) is 11.4. The molecule has 1 rings (SSSR count). The van der Waals surface area contributed by atoms with Crippen LogP contribution >= 0.6 is 0 Å². The molecule has 0 aromatic carbocycles. The molecule has 0 aliphatic heterocycles. The molecule has 0 fully saturated rings. The predicted molar refractivity (Wildman–Crippen MR) is 53.9 cm³/mol. The van der Waals surface area contributed by atoms with E-state index < -0.39 is 12.1 Å². The number of aliphatic hydroxyl groups is 1. The van der Waals surface area contributed by atoms with E-state index >= 15 is 0 Å². The van der Waals surface area contributed by atoms with Gasteiger partial charge in [0.2, 0.25) is 0 Å². The van der Waals surface area contributed by atoms with Crippen LogP contribution < -0.4 is 4.90 Å². The average Bonchev–Trinajstić information content (AvgIpc) is 2.17. The van der Waals surface area contributed by atoms with E-state index in [1.807, 2.05) is 0 Å². The molecule has 0 amide bonds. The number of carboxylic acids is 1. The van der Waals surface area contributed by atoms with Crippen LogP contribution in [0.5, 0.6) is 0 Å². The smallest absolute Gasteiger partial charge is 0.356 e. The standard InChI is InChI=1S/C9H13N3O3/c1-6(13)5-12(2)8-4-10-7(3-11-8)9(14)15/h3-4,6,13H,5H2,1-2H3,(H,14,15)/t6-/m1/s1. The Bertz CT molecular complexity index is 337. The zero-order valence-corrected chi connectivity index (χ0v) is 8.58. The second-order valence-electron chi connectivity index (χ2n) is 3.29. The Hall–Kier alpha value is -1.69. The molecule has 82 valence electrons. The van der Waals surface area contributed by atoms with Crippen molar-refractivity contribution in [3.05, 3.63) is 18.1 Å². The van der Waals surface area contributed by atoms with Gasteiger partial charge in [0.1, 0.15) is 5.82 Å². The molecule has 1 heterocycles. The summed E-state index contributed by atoms with van der Waals surface area (Å²) in [7, 11) is 1.75. The third-order valence-electron chi connectivity index (χ3n) is 1.79. The number of aromatic nitrogens is 2. The third kappa shape index (κ3) is 3.17. The summed E-state index contributed by atoms with van der Waals surface area (Å²) in [5, 5.41) is 17.7. The van der Waals surface area contributed by atoms with Gasteiger partial charge < -0.3 is 15.1 Å². The minimum Gasteiger partial charge on any atom is -0.476 e. The van der Waals surface area contributed by atoms with Crippen LogP contribution in [0.3, 0.4) is 0 Å². The zero-order chi connectivity index (χ0) is 11.4. The maximum Gasteiger partial charge on any atom is 0.356 e. The van der Waals surface area contributed by atoms with Crippen molar-refractivity contribution in [2.24, 2.45) is 0 Å². The average molecular weight is 211 g/mol. The van der Waals surface area contributed by atoms with Crippen molar-refractivity contribution in [2.45, 2.75) is 13.0 Å². The molecule has 0 bridgehead atoms. The van der Waals surface area contributed by atoms with Crippen molar-refractivity contribution >= 4 is 11.8 Å². The lowest BCUT2D eigenvalue weighted by Gasteiger charge is -2.18. The molecule has 0 saturated heterocycles. The van der Waals surface area contributed by atoms with Crippen LogP contribution in [0.4, 0.5) is 5.82 Å². The Balaban J connectivity index is 2.75. The molecule has 2 N–H and O–H groups in total. The summed E-state index contributed by atoms with van der Waals surface area (Å²) in [6.07, 6.45) is 2.08. The highest BCUT2D eigenvalue weighted by Crippen LogP contribution is 2.07. The van der Waals surface area contributed by atoms with Gasteiger partial charge in [-0.15, -0.1) is 0 Å². The van der Waals surface area contributed by atoms with Crippen LogP contribution in [-0.2, 0) is 0 Å². The first-order valence-corrected chi connectivity index (χ1v) is 4.45. The van der Waals surface area contributed by atoms with Gasteiger partial charge in [-0.2, -0.15) is 0 Å². The summed E-state index contributed by atoms with van der Waals surface area (Å²) in [4.78, 5) is 19.8. The highest BCUT2D eigenvalue weighted by Gasteiger charge is 2.08. The Morgan fingerprint density at radius 1 is 1.53 bits per heavy atom. The van der Waals surface area contributed by atoms with Gasteiger partial charge in [-0.05, 0) is 6.92 Å². The summed E-state index contributed by atoms with van der Waals surface area (Å²) in [5.41, 5.74) is -0.0933. The van der Waals surface area contributed by atoms with Crippen LogP contribution in [0.25, 0.3) is 0 Å². The van der Waals surface area contributed by atoms with Gasteiger partial charge in [0, 0.05) is 13.6 Å². The van der Waals surface area contributed by atoms with E-state index in [1.165, 1.54) is 12.4 Å². The number of likely N-dealkylation sites (N-methyl/N-ethyl adjacent to an activating group) is 1. The maximum atomic E-state index is 10.5. The number of hydrogen-bond donors (Lipinski definition) is 2. The molecule has 0 aliphatic carbocycles. The van der Waals surface area contributed by atoms with E-state index in [2.05, 4.69) is 9.97 Å².